The van der Waals surface area contributed by atoms with Crippen LogP contribution >= 0.6 is 0 Å². The maximum atomic E-state index is 12.5. The summed E-state index contributed by atoms with van der Waals surface area (Å²) < 4.78 is 25.0. The minimum absolute atomic E-state index is 0.00557. The molecule has 0 spiro atoms. The molecular weight excluding hydrogens is 336 g/mol. The molecule has 1 atom stereocenters. The fraction of sp³-hybridized carbons (Fsp3) is 0.316. The molecule has 1 aliphatic rings. The van der Waals surface area contributed by atoms with Gasteiger partial charge in [0.1, 0.15) is 0 Å². The van der Waals surface area contributed by atoms with E-state index in [4.69, 9.17) is 5.73 Å². The van der Waals surface area contributed by atoms with Crippen LogP contribution in [-0.4, -0.2) is 26.9 Å². The number of hydrogen-bond acceptors (Lipinski definition) is 4. The Morgan fingerprint density at radius 1 is 1.08 bits per heavy atom. The highest BCUT2D eigenvalue weighted by Gasteiger charge is 2.31. The molecule has 0 radical (unpaired) electrons. The van der Waals surface area contributed by atoms with Crippen molar-refractivity contribution in [2.45, 2.75) is 29.5 Å². The number of sulfone groups is 1. The molecule has 0 aliphatic heterocycles. The largest absolute Gasteiger partial charge is 0.348 e. The Bertz CT molecular complexity index is 829. The molecule has 0 aromatic heterocycles. The van der Waals surface area contributed by atoms with E-state index in [0.29, 0.717) is 18.0 Å². The molecule has 25 heavy (non-hydrogen) atoms. The number of nitrogens with one attached hydrogen (secondary N) is 1. The Morgan fingerprint density at radius 3 is 2.28 bits per heavy atom. The molecule has 1 saturated carbocycles. The Morgan fingerprint density at radius 2 is 1.72 bits per heavy atom. The van der Waals surface area contributed by atoms with Crippen molar-refractivity contribution in [1.29, 1.82) is 0 Å². The molecule has 1 fully saturated rings. The summed E-state index contributed by atoms with van der Waals surface area (Å²) in [5.41, 5.74) is 6.88. The number of rotatable bonds is 7. The number of amides is 1. The van der Waals surface area contributed by atoms with E-state index < -0.39 is 9.84 Å². The minimum atomic E-state index is -3.44. The average molecular weight is 358 g/mol. The first-order valence-corrected chi connectivity index (χ1v) is 10.0. The lowest BCUT2D eigenvalue weighted by Crippen LogP contribution is -2.41. The number of nitrogens with two attached hydrogens (primary N) is 1. The van der Waals surface area contributed by atoms with Crippen LogP contribution < -0.4 is 11.1 Å². The van der Waals surface area contributed by atoms with E-state index in [2.05, 4.69) is 5.32 Å². The second kappa shape index (κ2) is 7.37. The quantitative estimate of drug-likeness (QED) is 0.793. The second-order valence-corrected chi connectivity index (χ2v) is 8.41. The van der Waals surface area contributed by atoms with Crippen molar-refractivity contribution in [3.05, 3.63) is 65.7 Å². The average Bonchev–Trinajstić information content (AvgIpc) is 3.45. The predicted molar refractivity (Wildman–Crippen MR) is 96.8 cm³/mol. The third-order valence-corrected chi connectivity index (χ3v) is 6.14. The molecule has 2 aromatic carbocycles. The van der Waals surface area contributed by atoms with Crippen molar-refractivity contribution in [3.63, 3.8) is 0 Å². The highest BCUT2D eigenvalue weighted by atomic mass is 32.2. The van der Waals surface area contributed by atoms with Gasteiger partial charge in [0, 0.05) is 18.2 Å². The number of benzene rings is 2. The molecule has 6 heteroatoms. The van der Waals surface area contributed by atoms with Gasteiger partial charge in [-0.2, -0.15) is 0 Å². The first-order chi connectivity index (χ1) is 12.0. The third kappa shape index (κ3) is 4.46. The summed E-state index contributed by atoms with van der Waals surface area (Å²) in [6.45, 7) is 0.417. The predicted octanol–water partition coefficient (Wildman–Crippen LogP) is 2.13. The van der Waals surface area contributed by atoms with Gasteiger partial charge in [0.15, 0.2) is 9.84 Å². The standard InChI is InChI=1S/C19H22N2O3S/c20-12-18(15-6-7-15)21-19(22)16-8-10-17(11-9-16)25(23,24)13-14-4-2-1-3-5-14/h1-5,8-11,15,18H,6-7,12-13,20H2,(H,21,22). The summed E-state index contributed by atoms with van der Waals surface area (Å²) in [4.78, 5) is 12.5. The van der Waals surface area contributed by atoms with Crippen LogP contribution in [-0.2, 0) is 15.6 Å². The van der Waals surface area contributed by atoms with Gasteiger partial charge in [-0.15, -0.1) is 0 Å². The van der Waals surface area contributed by atoms with Crippen molar-refractivity contribution in [1.82, 2.24) is 5.32 Å². The molecular formula is C19H22N2O3S. The molecule has 1 amide bonds. The van der Waals surface area contributed by atoms with Crippen LogP contribution in [0.1, 0.15) is 28.8 Å². The monoisotopic (exact) mass is 358 g/mol. The van der Waals surface area contributed by atoms with E-state index in [9.17, 15) is 13.2 Å². The van der Waals surface area contributed by atoms with Crippen molar-refractivity contribution >= 4 is 15.7 Å². The van der Waals surface area contributed by atoms with Gasteiger partial charge in [-0.3, -0.25) is 4.79 Å². The van der Waals surface area contributed by atoms with E-state index in [1.807, 2.05) is 18.2 Å². The lowest BCUT2D eigenvalue weighted by atomic mass is 10.1. The third-order valence-electron chi connectivity index (χ3n) is 4.44. The first-order valence-electron chi connectivity index (χ1n) is 8.37. The van der Waals surface area contributed by atoms with Crippen molar-refractivity contribution < 1.29 is 13.2 Å². The Kier molecular flexibility index (Phi) is 5.20. The van der Waals surface area contributed by atoms with Gasteiger partial charge in [-0.05, 0) is 48.6 Å². The highest BCUT2D eigenvalue weighted by Crippen LogP contribution is 2.32. The van der Waals surface area contributed by atoms with Gasteiger partial charge in [-0.25, -0.2) is 8.42 Å². The van der Waals surface area contributed by atoms with Gasteiger partial charge in [0.2, 0.25) is 0 Å². The van der Waals surface area contributed by atoms with E-state index in [0.717, 1.165) is 18.4 Å². The lowest BCUT2D eigenvalue weighted by Gasteiger charge is -2.16. The molecule has 5 nitrogen and oxygen atoms in total. The maximum absolute atomic E-state index is 12.5. The summed E-state index contributed by atoms with van der Waals surface area (Å²) >= 11 is 0. The lowest BCUT2D eigenvalue weighted by molar-refractivity contribution is 0.0933. The fourth-order valence-corrected chi connectivity index (χ4v) is 4.16. The zero-order chi connectivity index (χ0) is 17.9. The van der Waals surface area contributed by atoms with Gasteiger partial charge in [0.05, 0.1) is 10.6 Å². The smallest absolute Gasteiger partial charge is 0.251 e. The maximum Gasteiger partial charge on any atom is 0.251 e. The summed E-state index contributed by atoms with van der Waals surface area (Å²) in [5.74, 6) is 0.199. The molecule has 1 aliphatic carbocycles. The Hall–Kier alpha value is -2.18. The topological polar surface area (TPSA) is 89.3 Å². The van der Waals surface area contributed by atoms with Crippen LogP contribution in [0, 0.1) is 5.92 Å². The molecule has 2 aromatic rings. The molecule has 3 N–H and O–H groups in total. The van der Waals surface area contributed by atoms with E-state index in [1.165, 1.54) is 12.1 Å². The summed E-state index contributed by atoms with van der Waals surface area (Å²) in [7, 11) is -3.44. The van der Waals surface area contributed by atoms with Crippen LogP contribution in [0.3, 0.4) is 0 Å². The molecule has 0 heterocycles. The Labute approximate surface area is 148 Å². The van der Waals surface area contributed by atoms with Crippen molar-refractivity contribution in [3.8, 4) is 0 Å². The highest BCUT2D eigenvalue weighted by molar-refractivity contribution is 7.90. The van der Waals surface area contributed by atoms with E-state index in [1.54, 1.807) is 24.3 Å². The van der Waals surface area contributed by atoms with E-state index in [-0.39, 0.29) is 22.6 Å². The Balaban J connectivity index is 1.69. The summed E-state index contributed by atoms with van der Waals surface area (Å²) in [5, 5.41) is 2.93. The second-order valence-electron chi connectivity index (χ2n) is 6.42. The normalized spacial score (nSPS) is 15.6. The first kappa shape index (κ1) is 17.6. The molecule has 0 saturated heterocycles. The molecule has 0 bridgehead atoms. The molecule has 3 rings (SSSR count). The minimum Gasteiger partial charge on any atom is -0.348 e. The zero-order valence-corrected chi connectivity index (χ0v) is 14.7. The van der Waals surface area contributed by atoms with Crippen LogP contribution in [0.15, 0.2) is 59.5 Å². The molecule has 1 unspecified atom stereocenters. The van der Waals surface area contributed by atoms with Gasteiger partial charge < -0.3 is 11.1 Å². The van der Waals surface area contributed by atoms with E-state index >= 15 is 0 Å². The van der Waals surface area contributed by atoms with Gasteiger partial charge in [0.25, 0.3) is 5.91 Å². The number of carbonyl (C=O) groups excluding carboxylic acids is 1. The summed E-state index contributed by atoms with van der Waals surface area (Å²) in [6, 6.07) is 15.1. The fourth-order valence-electron chi connectivity index (χ4n) is 2.81. The van der Waals surface area contributed by atoms with Crippen LogP contribution in [0.25, 0.3) is 0 Å². The van der Waals surface area contributed by atoms with Crippen LogP contribution in [0.4, 0.5) is 0 Å². The molecule has 132 valence electrons. The van der Waals surface area contributed by atoms with Crippen molar-refractivity contribution in [2.75, 3.05) is 6.54 Å². The summed E-state index contributed by atoms with van der Waals surface area (Å²) in [6.07, 6.45) is 2.19. The van der Waals surface area contributed by atoms with Gasteiger partial charge >= 0.3 is 0 Å². The van der Waals surface area contributed by atoms with Crippen molar-refractivity contribution in [2.24, 2.45) is 11.7 Å². The van der Waals surface area contributed by atoms with Gasteiger partial charge in [-0.1, -0.05) is 30.3 Å². The number of carbonyl (C=O) groups is 1. The zero-order valence-electron chi connectivity index (χ0n) is 13.9. The number of hydrogen-bond donors (Lipinski definition) is 2. The van der Waals surface area contributed by atoms with Crippen LogP contribution in [0.2, 0.25) is 0 Å². The van der Waals surface area contributed by atoms with Crippen LogP contribution in [0.5, 0.6) is 0 Å². The SMILES string of the molecule is NCC(NC(=O)c1ccc(S(=O)(=O)Cc2ccccc2)cc1)C1CC1.